The van der Waals surface area contributed by atoms with Crippen molar-refractivity contribution in [2.24, 2.45) is 0 Å². The quantitative estimate of drug-likeness (QED) is 0.649. The molecule has 0 radical (unpaired) electrons. The molecular formula is C9H10N2O. The maximum absolute atomic E-state index is 11.4. The van der Waals surface area contributed by atoms with Crippen LogP contribution >= 0.6 is 0 Å². The van der Waals surface area contributed by atoms with E-state index in [2.05, 4.69) is 0 Å². The second-order valence-corrected chi connectivity index (χ2v) is 2.46. The van der Waals surface area contributed by atoms with E-state index in [1.54, 1.807) is 22.9 Å². The summed E-state index contributed by atoms with van der Waals surface area (Å²) in [6.07, 6.45) is 1.92. The molecule has 0 bridgehead atoms. The lowest BCUT2D eigenvalue weighted by Gasteiger charge is -2.01. The molecule has 0 fully saturated rings. The zero-order valence-corrected chi connectivity index (χ0v) is 6.95. The lowest BCUT2D eigenvalue weighted by atomic mass is 10.2. The van der Waals surface area contributed by atoms with Gasteiger partial charge in [0.05, 0.1) is 12.5 Å². The minimum absolute atomic E-state index is 0.0541. The summed E-state index contributed by atoms with van der Waals surface area (Å²) in [4.78, 5) is 11.4. The van der Waals surface area contributed by atoms with Gasteiger partial charge in [-0.3, -0.25) is 4.79 Å². The molecule has 0 saturated carbocycles. The number of nitriles is 1. The van der Waals surface area contributed by atoms with Crippen molar-refractivity contribution in [3.63, 3.8) is 0 Å². The van der Waals surface area contributed by atoms with E-state index in [4.69, 9.17) is 5.26 Å². The van der Waals surface area contributed by atoms with Crippen molar-refractivity contribution >= 4 is 0 Å². The summed E-state index contributed by atoms with van der Waals surface area (Å²) in [5.74, 6) is 0. The van der Waals surface area contributed by atoms with E-state index < -0.39 is 0 Å². The molecule has 62 valence electrons. The first kappa shape index (κ1) is 8.54. The van der Waals surface area contributed by atoms with Gasteiger partial charge in [-0.05, 0) is 13.0 Å². The average Bonchev–Trinajstić information content (AvgIpc) is 2.09. The summed E-state index contributed by atoms with van der Waals surface area (Å²) < 4.78 is 1.59. The van der Waals surface area contributed by atoms with Crippen LogP contribution < -0.4 is 5.56 Å². The van der Waals surface area contributed by atoms with Crippen molar-refractivity contribution in [1.82, 2.24) is 4.57 Å². The van der Waals surface area contributed by atoms with Gasteiger partial charge >= 0.3 is 0 Å². The van der Waals surface area contributed by atoms with E-state index in [1.165, 1.54) is 0 Å². The van der Waals surface area contributed by atoms with E-state index in [-0.39, 0.29) is 12.0 Å². The Morgan fingerprint density at radius 3 is 3.00 bits per heavy atom. The molecule has 0 unspecified atom stereocenters. The number of hydrogen-bond acceptors (Lipinski definition) is 2. The monoisotopic (exact) mass is 162 g/mol. The van der Waals surface area contributed by atoms with Crippen LogP contribution in [-0.4, -0.2) is 4.57 Å². The van der Waals surface area contributed by atoms with Gasteiger partial charge in [0.25, 0.3) is 5.56 Å². The molecule has 0 spiro atoms. The van der Waals surface area contributed by atoms with E-state index in [1.807, 2.05) is 13.0 Å². The molecule has 0 aromatic carbocycles. The van der Waals surface area contributed by atoms with Gasteiger partial charge in [-0.1, -0.05) is 6.07 Å². The van der Waals surface area contributed by atoms with Gasteiger partial charge in [0.2, 0.25) is 0 Å². The lowest BCUT2D eigenvalue weighted by Crippen LogP contribution is -2.21. The summed E-state index contributed by atoms with van der Waals surface area (Å²) in [5, 5.41) is 8.41. The predicted octanol–water partition coefficient (Wildman–Crippen LogP) is 0.934. The molecule has 1 heterocycles. The highest BCUT2D eigenvalue weighted by Crippen LogP contribution is 1.92. The molecular weight excluding hydrogens is 152 g/mol. The van der Waals surface area contributed by atoms with Crippen LogP contribution in [0.15, 0.2) is 23.1 Å². The van der Waals surface area contributed by atoms with E-state index in [0.29, 0.717) is 12.1 Å². The number of pyridine rings is 1. The molecule has 1 aromatic heterocycles. The molecule has 0 aliphatic heterocycles. The van der Waals surface area contributed by atoms with Crippen LogP contribution in [0.4, 0.5) is 0 Å². The first-order valence-corrected chi connectivity index (χ1v) is 3.85. The Balaban J connectivity index is 3.16. The Morgan fingerprint density at radius 1 is 1.67 bits per heavy atom. The predicted molar refractivity (Wildman–Crippen MR) is 45.7 cm³/mol. The third kappa shape index (κ3) is 1.54. The van der Waals surface area contributed by atoms with Gasteiger partial charge in [-0.25, -0.2) is 0 Å². The van der Waals surface area contributed by atoms with Crippen molar-refractivity contribution in [3.05, 3.63) is 34.2 Å². The van der Waals surface area contributed by atoms with Crippen molar-refractivity contribution in [2.45, 2.75) is 19.9 Å². The summed E-state index contributed by atoms with van der Waals surface area (Å²) in [5.41, 5.74) is 0.517. The average molecular weight is 162 g/mol. The van der Waals surface area contributed by atoms with Gasteiger partial charge in [-0.2, -0.15) is 5.26 Å². The fourth-order valence-corrected chi connectivity index (χ4v) is 1.06. The Labute approximate surface area is 70.9 Å². The van der Waals surface area contributed by atoms with Gasteiger partial charge < -0.3 is 4.57 Å². The second kappa shape index (κ2) is 3.72. The zero-order valence-electron chi connectivity index (χ0n) is 6.95. The molecule has 0 aliphatic rings. The number of hydrogen-bond donors (Lipinski definition) is 0. The molecule has 0 amide bonds. The maximum Gasteiger partial charge on any atom is 0.254 e. The number of rotatable bonds is 2. The van der Waals surface area contributed by atoms with Crippen molar-refractivity contribution in [1.29, 1.82) is 5.26 Å². The molecule has 0 atom stereocenters. The third-order valence-corrected chi connectivity index (χ3v) is 1.71. The van der Waals surface area contributed by atoms with Crippen LogP contribution in [0.2, 0.25) is 0 Å². The van der Waals surface area contributed by atoms with Crippen molar-refractivity contribution in [3.8, 4) is 6.07 Å². The third-order valence-electron chi connectivity index (χ3n) is 1.71. The molecule has 3 heteroatoms. The standard InChI is InChI=1S/C9H10N2O/c1-2-11-7-3-4-8(5-6-10)9(11)12/h3-4,7H,2,5H2,1H3. The summed E-state index contributed by atoms with van der Waals surface area (Å²) in [6.45, 7) is 2.55. The van der Waals surface area contributed by atoms with E-state index in [9.17, 15) is 4.79 Å². The van der Waals surface area contributed by atoms with Gasteiger partial charge in [0.1, 0.15) is 0 Å². The smallest absolute Gasteiger partial charge is 0.254 e. The summed E-state index contributed by atoms with van der Waals surface area (Å²) in [7, 11) is 0. The second-order valence-electron chi connectivity index (χ2n) is 2.46. The summed E-state index contributed by atoms with van der Waals surface area (Å²) >= 11 is 0. The Morgan fingerprint density at radius 2 is 2.42 bits per heavy atom. The molecule has 3 nitrogen and oxygen atoms in total. The van der Waals surface area contributed by atoms with Gasteiger partial charge in [0, 0.05) is 18.3 Å². The molecule has 0 saturated heterocycles. The first-order valence-electron chi connectivity index (χ1n) is 3.85. The number of aryl methyl sites for hydroxylation is 1. The van der Waals surface area contributed by atoms with Gasteiger partial charge in [0.15, 0.2) is 0 Å². The molecule has 0 aliphatic carbocycles. The fraction of sp³-hybridized carbons (Fsp3) is 0.333. The van der Waals surface area contributed by atoms with E-state index in [0.717, 1.165) is 0 Å². The SMILES string of the molecule is CCn1cccc(CC#N)c1=O. The van der Waals surface area contributed by atoms with Crippen LogP contribution in [0.3, 0.4) is 0 Å². The molecule has 0 N–H and O–H groups in total. The van der Waals surface area contributed by atoms with Crippen LogP contribution in [0.1, 0.15) is 12.5 Å². The fourth-order valence-electron chi connectivity index (χ4n) is 1.06. The zero-order chi connectivity index (χ0) is 8.97. The van der Waals surface area contributed by atoms with Crippen molar-refractivity contribution in [2.75, 3.05) is 0 Å². The molecule has 1 rings (SSSR count). The Bertz CT molecular complexity index is 360. The van der Waals surface area contributed by atoms with Crippen LogP contribution in [0.25, 0.3) is 0 Å². The van der Waals surface area contributed by atoms with Crippen LogP contribution in [-0.2, 0) is 13.0 Å². The Hall–Kier alpha value is -1.56. The summed E-state index contributed by atoms with van der Waals surface area (Å²) in [6, 6.07) is 5.44. The molecule has 1 aromatic rings. The number of aromatic nitrogens is 1. The maximum atomic E-state index is 11.4. The normalized spacial score (nSPS) is 9.33. The van der Waals surface area contributed by atoms with Crippen LogP contribution in [0, 0.1) is 11.3 Å². The van der Waals surface area contributed by atoms with Crippen molar-refractivity contribution < 1.29 is 0 Å². The highest BCUT2D eigenvalue weighted by atomic mass is 16.1. The minimum Gasteiger partial charge on any atom is -0.316 e. The highest BCUT2D eigenvalue weighted by Gasteiger charge is 1.99. The lowest BCUT2D eigenvalue weighted by molar-refractivity contribution is 0.718. The minimum atomic E-state index is -0.0541. The molecule has 12 heavy (non-hydrogen) atoms. The highest BCUT2D eigenvalue weighted by molar-refractivity contribution is 5.14. The van der Waals surface area contributed by atoms with Gasteiger partial charge in [-0.15, -0.1) is 0 Å². The topological polar surface area (TPSA) is 45.8 Å². The van der Waals surface area contributed by atoms with E-state index >= 15 is 0 Å². The van der Waals surface area contributed by atoms with Crippen LogP contribution in [0.5, 0.6) is 0 Å². The Kier molecular flexibility index (Phi) is 2.65. The largest absolute Gasteiger partial charge is 0.316 e. The number of nitrogens with zero attached hydrogens (tertiary/aromatic N) is 2. The first-order chi connectivity index (χ1) is 5.79.